The smallest absolute Gasteiger partial charge is 0.0366 e. The number of nitrogens with one attached hydrogen (secondary N) is 1. The van der Waals surface area contributed by atoms with E-state index in [-0.39, 0.29) is 0 Å². The second kappa shape index (κ2) is 7.09. The Morgan fingerprint density at radius 2 is 1.95 bits per heavy atom. The highest BCUT2D eigenvalue weighted by molar-refractivity contribution is 5.48. The summed E-state index contributed by atoms with van der Waals surface area (Å²) in [5.41, 5.74) is 2.73. The van der Waals surface area contributed by atoms with Crippen molar-refractivity contribution in [2.24, 2.45) is 0 Å². The van der Waals surface area contributed by atoms with Gasteiger partial charge < -0.3 is 15.1 Å². The number of nitrogens with zero attached hydrogens (tertiary/aromatic N) is 2. The maximum absolute atomic E-state index is 3.46. The Morgan fingerprint density at radius 3 is 2.55 bits per heavy atom. The zero-order valence-corrected chi connectivity index (χ0v) is 13.4. The Balaban J connectivity index is 1.95. The van der Waals surface area contributed by atoms with Gasteiger partial charge in [-0.15, -0.1) is 0 Å². The summed E-state index contributed by atoms with van der Waals surface area (Å²) in [5, 5.41) is 3.46. The van der Waals surface area contributed by atoms with Crippen molar-refractivity contribution in [2.45, 2.75) is 45.3 Å². The van der Waals surface area contributed by atoms with E-state index in [1.165, 1.54) is 30.6 Å². The van der Waals surface area contributed by atoms with E-state index < -0.39 is 0 Å². The van der Waals surface area contributed by atoms with Crippen LogP contribution in [0.25, 0.3) is 0 Å². The average Bonchev–Trinajstić information content (AvgIpc) is 2.46. The number of likely N-dealkylation sites (N-methyl/N-ethyl adjacent to an activating group) is 1. The van der Waals surface area contributed by atoms with Gasteiger partial charge in [-0.1, -0.05) is 26.0 Å². The third-order valence-corrected chi connectivity index (χ3v) is 4.14. The zero-order chi connectivity index (χ0) is 14.5. The van der Waals surface area contributed by atoms with Gasteiger partial charge in [0.15, 0.2) is 0 Å². The molecule has 1 saturated heterocycles. The van der Waals surface area contributed by atoms with E-state index in [4.69, 9.17) is 0 Å². The molecular formula is C17H29N3. The van der Waals surface area contributed by atoms with Crippen LogP contribution in [0.3, 0.4) is 0 Å². The van der Waals surface area contributed by atoms with E-state index in [1.807, 2.05) is 0 Å². The van der Waals surface area contributed by atoms with Crippen LogP contribution in [-0.4, -0.2) is 44.2 Å². The molecule has 3 nitrogen and oxygen atoms in total. The summed E-state index contributed by atoms with van der Waals surface area (Å²) in [6.45, 7) is 7.66. The van der Waals surface area contributed by atoms with E-state index >= 15 is 0 Å². The molecule has 0 spiro atoms. The molecule has 1 N–H and O–H groups in total. The van der Waals surface area contributed by atoms with Gasteiger partial charge in [0.05, 0.1) is 0 Å². The zero-order valence-electron chi connectivity index (χ0n) is 13.4. The van der Waals surface area contributed by atoms with Gasteiger partial charge in [-0.05, 0) is 44.6 Å². The summed E-state index contributed by atoms with van der Waals surface area (Å²) in [6, 6.07) is 10.3. The minimum atomic E-state index is 0.539. The first kappa shape index (κ1) is 15.3. The van der Waals surface area contributed by atoms with Crippen molar-refractivity contribution in [1.82, 2.24) is 10.2 Å². The minimum Gasteiger partial charge on any atom is -0.370 e. The first-order chi connectivity index (χ1) is 9.56. The molecule has 20 heavy (non-hydrogen) atoms. The lowest BCUT2D eigenvalue weighted by Crippen LogP contribution is -2.45. The average molecular weight is 275 g/mol. The molecule has 112 valence electrons. The molecule has 0 aromatic heterocycles. The Labute approximate surface area is 124 Å². The molecule has 0 aliphatic carbocycles. The van der Waals surface area contributed by atoms with E-state index in [1.54, 1.807) is 0 Å². The number of rotatable bonds is 5. The van der Waals surface area contributed by atoms with Crippen LogP contribution >= 0.6 is 0 Å². The Bertz CT molecular complexity index is 397. The molecule has 1 heterocycles. The number of benzene rings is 1. The van der Waals surface area contributed by atoms with E-state index in [0.29, 0.717) is 12.1 Å². The monoisotopic (exact) mass is 275 g/mol. The molecule has 0 bridgehead atoms. The molecule has 2 rings (SSSR count). The van der Waals surface area contributed by atoms with Crippen LogP contribution in [0.2, 0.25) is 0 Å². The second-order valence-corrected chi connectivity index (χ2v) is 6.41. The van der Waals surface area contributed by atoms with E-state index in [2.05, 4.69) is 67.3 Å². The van der Waals surface area contributed by atoms with Crippen LogP contribution in [0.15, 0.2) is 24.3 Å². The van der Waals surface area contributed by atoms with Gasteiger partial charge in [0.25, 0.3) is 0 Å². The van der Waals surface area contributed by atoms with Crippen LogP contribution in [0.1, 0.15) is 32.3 Å². The minimum absolute atomic E-state index is 0.539. The van der Waals surface area contributed by atoms with Crippen LogP contribution in [0, 0.1) is 0 Å². The molecule has 1 atom stereocenters. The first-order valence-electron chi connectivity index (χ1n) is 7.80. The summed E-state index contributed by atoms with van der Waals surface area (Å²) in [7, 11) is 4.38. The molecule has 1 aliphatic heterocycles. The third-order valence-electron chi connectivity index (χ3n) is 4.14. The second-order valence-electron chi connectivity index (χ2n) is 6.41. The van der Waals surface area contributed by atoms with Crippen LogP contribution in [0.4, 0.5) is 5.69 Å². The third kappa shape index (κ3) is 4.22. The van der Waals surface area contributed by atoms with Crippen molar-refractivity contribution in [1.29, 1.82) is 0 Å². The van der Waals surface area contributed by atoms with Crippen LogP contribution in [0.5, 0.6) is 0 Å². The maximum atomic E-state index is 3.46. The molecule has 0 amide bonds. The summed E-state index contributed by atoms with van der Waals surface area (Å²) < 4.78 is 0. The van der Waals surface area contributed by atoms with E-state index in [9.17, 15) is 0 Å². The summed E-state index contributed by atoms with van der Waals surface area (Å²) in [4.78, 5) is 4.88. The lowest BCUT2D eigenvalue weighted by atomic mass is 10.0. The van der Waals surface area contributed by atoms with Crippen molar-refractivity contribution in [2.75, 3.05) is 32.1 Å². The van der Waals surface area contributed by atoms with Gasteiger partial charge in [0.2, 0.25) is 0 Å². The lowest BCUT2D eigenvalue weighted by molar-refractivity contribution is 0.258. The van der Waals surface area contributed by atoms with Crippen molar-refractivity contribution in [3.8, 4) is 0 Å². The Morgan fingerprint density at radius 1 is 1.25 bits per heavy atom. The molecular weight excluding hydrogens is 246 g/mol. The molecule has 0 radical (unpaired) electrons. The highest BCUT2D eigenvalue weighted by Gasteiger charge is 2.21. The fourth-order valence-corrected chi connectivity index (χ4v) is 2.76. The van der Waals surface area contributed by atoms with Crippen molar-refractivity contribution in [3.63, 3.8) is 0 Å². The van der Waals surface area contributed by atoms with Gasteiger partial charge in [-0.3, -0.25) is 0 Å². The first-order valence-corrected chi connectivity index (χ1v) is 7.80. The van der Waals surface area contributed by atoms with Gasteiger partial charge in [-0.2, -0.15) is 0 Å². The molecule has 1 aromatic rings. The highest BCUT2D eigenvalue weighted by atomic mass is 15.2. The number of hydrogen-bond acceptors (Lipinski definition) is 3. The lowest BCUT2D eigenvalue weighted by Gasteiger charge is -2.37. The molecule has 1 aromatic carbocycles. The molecule has 0 saturated carbocycles. The van der Waals surface area contributed by atoms with Crippen molar-refractivity contribution < 1.29 is 0 Å². The number of piperidine rings is 1. The summed E-state index contributed by atoms with van der Waals surface area (Å²) in [6.07, 6.45) is 2.61. The highest BCUT2D eigenvalue weighted by Crippen LogP contribution is 2.22. The summed E-state index contributed by atoms with van der Waals surface area (Å²) in [5.74, 6) is 0. The predicted molar refractivity (Wildman–Crippen MR) is 87.3 cm³/mol. The summed E-state index contributed by atoms with van der Waals surface area (Å²) >= 11 is 0. The number of anilines is 1. The molecule has 3 heteroatoms. The molecule has 1 aliphatic rings. The van der Waals surface area contributed by atoms with Gasteiger partial charge in [0, 0.05) is 37.4 Å². The molecule has 1 unspecified atom stereocenters. The van der Waals surface area contributed by atoms with Crippen LogP contribution < -0.4 is 10.2 Å². The normalized spacial score (nSPS) is 19.9. The fraction of sp³-hybridized carbons (Fsp3) is 0.647. The Hall–Kier alpha value is -1.06. The topological polar surface area (TPSA) is 18.5 Å². The SMILES string of the molecule is CC(C)NCc1ccc(N2CCCC(N(C)C)C2)cc1. The van der Waals surface area contributed by atoms with Gasteiger partial charge in [0.1, 0.15) is 0 Å². The Kier molecular flexibility index (Phi) is 5.44. The fourth-order valence-electron chi connectivity index (χ4n) is 2.76. The van der Waals surface area contributed by atoms with Gasteiger partial charge >= 0.3 is 0 Å². The van der Waals surface area contributed by atoms with Gasteiger partial charge in [-0.25, -0.2) is 0 Å². The predicted octanol–water partition coefficient (Wildman–Crippen LogP) is 2.72. The standard InChI is InChI=1S/C17H29N3/c1-14(2)18-12-15-7-9-16(10-8-15)20-11-5-6-17(13-20)19(3)4/h7-10,14,17-18H,5-6,11-13H2,1-4H3. The van der Waals surface area contributed by atoms with E-state index in [0.717, 1.165) is 13.1 Å². The number of hydrogen-bond donors (Lipinski definition) is 1. The largest absolute Gasteiger partial charge is 0.370 e. The molecule has 1 fully saturated rings. The van der Waals surface area contributed by atoms with Crippen LogP contribution in [-0.2, 0) is 6.54 Å². The quantitative estimate of drug-likeness (QED) is 0.891. The maximum Gasteiger partial charge on any atom is 0.0366 e. The van der Waals surface area contributed by atoms with Crippen molar-refractivity contribution in [3.05, 3.63) is 29.8 Å². The van der Waals surface area contributed by atoms with Crippen molar-refractivity contribution >= 4 is 5.69 Å².